The highest BCUT2D eigenvalue weighted by molar-refractivity contribution is 9.09. The Kier molecular flexibility index (Phi) is 23.1. The summed E-state index contributed by atoms with van der Waals surface area (Å²) in [7, 11) is 0. The minimum atomic E-state index is -0.470. The number of nitro groups is 3. The summed E-state index contributed by atoms with van der Waals surface area (Å²) in [6.45, 7) is 7.05. The van der Waals surface area contributed by atoms with E-state index < -0.39 is 14.8 Å². The molecule has 0 saturated carbocycles. The zero-order valence-corrected chi connectivity index (χ0v) is 53.9. The number of H-pyrrole nitrogens is 4. The van der Waals surface area contributed by atoms with E-state index in [1.807, 2.05) is 6.92 Å². The first-order valence-corrected chi connectivity index (χ1v) is 31.1. The topological polar surface area (TPSA) is 385 Å². The molecule has 0 amide bonds. The maximum absolute atomic E-state index is 12.8. The number of nitrogens with zero attached hydrogens (tertiary/aromatic N) is 8. The molecule has 0 radical (unpaired) electrons. The van der Waals surface area contributed by atoms with Gasteiger partial charge in [-0.3, -0.25) is 97.4 Å². The Morgan fingerprint density at radius 2 is 0.853 bits per heavy atom. The van der Waals surface area contributed by atoms with E-state index in [-0.39, 0.29) is 71.9 Å². The van der Waals surface area contributed by atoms with E-state index in [0.717, 1.165) is 11.8 Å². The fourth-order valence-corrected chi connectivity index (χ4v) is 10.9. The second kappa shape index (κ2) is 31.3. The Morgan fingerprint density at radius 1 is 0.484 bits per heavy atom. The second-order valence-electron chi connectivity index (χ2n) is 20.1. The lowest BCUT2D eigenvalue weighted by molar-refractivity contribution is -0.385. The summed E-state index contributed by atoms with van der Waals surface area (Å²) in [5.74, 6) is 0.823. The summed E-state index contributed by atoms with van der Waals surface area (Å²) in [4.78, 5) is 102. The molecule has 0 aliphatic carbocycles. The lowest BCUT2D eigenvalue weighted by Gasteiger charge is -2.08. The number of furan rings is 3. The molecule has 0 unspecified atom stereocenters. The number of nitro benzene ring substituents is 3. The van der Waals surface area contributed by atoms with E-state index in [1.54, 1.807) is 99.8 Å². The number of carbonyl (C=O) groups is 3. The zero-order chi connectivity index (χ0) is 67.5. The number of aryl methyl sites for hydroxylation is 2. The number of esters is 3. The molecule has 4 N–H and O–H groups in total. The van der Waals surface area contributed by atoms with Crippen LogP contribution in [-0.4, -0.2) is 101 Å². The number of hydrogen-bond acceptors (Lipinski definition) is 21. The molecule has 496 valence electrons. The van der Waals surface area contributed by atoms with Crippen molar-refractivity contribution in [3.8, 4) is 34.0 Å². The van der Waals surface area contributed by atoms with Crippen LogP contribution in [0, 0.1) is 44.7 Å². The monoisotopic (exact) mass is 1420 g/mol. The summed E-state index contributed by atoms with van der Waals surface area (Å²) in [5, 5.41) is 43.9. The Hall–Kier alpha value is -10.7. The number of alkyl halides is 1. The molecule has 0 bridgehead atoms. The van der Waals surface area contributed by atoms with Gasteiger partial charge in [-0.1, -0.05) is 23.4 Å². The smallest absolute Gasteiger partial charge is 0.305 e. The van der Waals surface area contributed by atoms with Gasteiger partial charge >= 0.3 is 17.9 Å². The Balaban J connectivity index is 0.000000172. The Morgan fingerprint density at radius 3 is 1.25 bits per heavy atom. The average molecular weight is 1420 g/mol. The van der Waals surface area contributed by atoms with Gasteiger partial charge in [0.2, 0.25) is 0 Å². The first-order chi connectivity index (χ1) is 45.1. The lowest BCUT2D eigenvalue weighted by atomic mass is 10.1. The highest BCUT2D eigenvalue weighted by atomic mass is 79.9. The van der Waals surface area contributed by atoms with Crippen molar-refractivity contribution in [2.45, 2.75) is 79.8 Å². The Bertz CT molecular complexity index is 5220. The maximum atomic E-state index is 12.8. The number of non-ortho nitro benzene ring substituents is 3. The summed E-state index contributed by atoms with van der Waals surface area (Å²) in [5.41, 5.74) is 5.46. The summed E-state index contributed by atoms with van der Waals surface area (Å²) < 4.78 is 40.6. The SMILES string of the molecule is C.CCOC(=O)CCCBr.CCOC(=O)CCCn1[nH]c(=O)c2cc3oc(-c4ccc([N+](=O)[O-])cc4)cc3n2c1=S.CCOC(=O)CCCn1[nH]c(=S)n2c(cc3oc(-c4ccc([N+](=O)[O-])cc4)cc32)c1=O.O=c1[nH][nH]c(=S)n2c1cc1oc(-c3ccc([N+](=O)[O-])cc3)cc12. The number of ether oxygens (including phenoxy) is 3. The van der Waals surface area contributed by atoms with Crippen LogP contribution in [-0.2, 0) is 41.7 Å². The highest BCUT2D eigenvalue weighted by Crippen LogP contribution is 2.34. The van der Waals surface area contributed by atoms with Crippen LogP contribution in [0.2, 0.25) is 0 Å². The highest BCUT2D eigenvalue weighted by Gasteiger charge is 2.20. The van der Waals surface area contributed by atoms with Crippen molar-refractivity contribution in [1.82, 2.24) is 43.0 Å². The number of rotatable bonds is 20. The molecule has 0 saturated heterocycles. The van der Waals surface area contributed by atoms with Crippen molar-refractivity contribution in [3.63, 3.8) is 0 Å². The van der Waals surface area contributed by atoms with Crippen LogP contribution in [0.1, 0.15) is 66.7 Å². The molecule has 0 fully saturated rings. The molecule has 9 aromatic heterocycles. The first kappa shape index (κ1) is 70.2. The molecule has 9 heterocycles. The quantitative estimate of drug-likeness (QED) is 0.0137. The van der Waals surface area contributed by atoms with Crippen molar-refractivity contribution in [2.75, 3.05) is 25.2 Å². The van der Waals surface area contributed by atoms with Crippen LogP contribution in [0.5, 0.6) is 0 Å². The fourth-order valence-electron chi connectivity index (χ4n) is 9.70. The van der Waals surface area contributed by atoms with Crippen LogP contribution in [0.25, 0.3) is 83.8 Å². The molecule has 0 aliphatic rings. The number of fused-ring (bicyclic) bond motifs is 9. The predicted octanol–water partition coefficient (Wildman–Crippen LogP) is 13.0. The van der Waals surface area contributed by atoms with E-state index in [0.29, 0.717) is 150 Å². The van der Waals surface area contributed by atoms with Gasteiger partial charge in [-0.05, 0) is 113 Å². The van der Waals surface area contributed by atoms with Gasteiger partial charge in [0.05, 0.1) is 51.1 Å². The zero-order valence-electron chi connectivity index (χ0n) is 49.9. The van der Waals surface area contributed by atoms with Crippen molar-refractivity contribution in [1.29, 1.82) is 0 Å². The van der Waals surface area contributed by atoms with Crippen LogP contribution < -0.4 is 16.7 Å². The molecular formula is C61H59BrN12O18S3. The largest absolute Gasteiger partial charge is 0.466 e. The van der Waals surface area contributed by atoms with Crippen LogP contribution in [0.4, 0.5) is 17.1 Å². The normalized spacial score (nSPS) is 10.9. The van der Waals surface area contributed by atoms with Gasteiger partial charge in [0.25, 0.3) is 33.7 Å². The van der Waals surface area contributed by atoms with Gasteiger partial charge in [0.1, 0.15) is 33.8 Å². The number of nitrogens with one attached hydrogen (secondary N) is 4. The van der Waals surface area contributed by atoms with Gasteiger partial charge in [-0.25, -0.2) is 4.68 Å². The number of aromatic amines is 4. The van der Waals surface area contributed by atoms with Crippen molar-refractivity contribution < 1.29 is 56.6 Å². The first-order valence-electron chi connectivity index (χ1n) is 28.7. The molecule has 3 aromatic carbocycles. The number of aromatic nitrogens is 9. The number of hydrogen-bond donors (Lipinski definition) is 4. The van der Waals surface area contributed by atoms with E-state index in [1.165, 1.54) is 45.8 Å². The molecule has 0 spiro atoms. The molecular weight excluding hydrogens is 1360 g/mol. The fraction of sp³-hybridized carbons (Fsp3) is 0.262. The van der Waals surface area contributed by atoms with Crippen molar-refractivity contribution in [3.05, 3.63) is 185 Å². The van der Waals surface area contributed by atoms with Gasteiger partial charge in [0.15, 0.2) is 31.1 Å². The summed E-state index contributed by atoms with van der Waals surface area (Å²) >= 11 is 19.4. The van der Waals surface area contributed by atoms with Crippen molar-refractivity contribution >= 4 is 137 Å². The van der Waals surface area contributed by atoms with Crippen LogP contribution in [0.3, 0.4) is 0 Å². The van der Waals surface area contributed by atoms with Gasteiger partial charge in [0, 0.05) is 127 Å². The number of benzene rings is 3. The number of halogens is 1. The predicted molar refractivity (Wildman–Crippen MR) is 361 cm³/mol. The van der Waals surface area contributed by atoms with Gasteiger partial charge in [-0.15, -0.1) is 0 Å². The maximum Gasteiger partial charge on any atom is 0.305 e. The van der Waals surface area contributed by atoms with Crippen molar-refractivity contribution in [2.24, 2.45) is 0 Å². The van der Waals surface area contributed by atoms with E-state index in [4.69, 9.17) is 59.4 Å². The molecule has 12 rings (SSSR count). The minimum absolute atomic E-state index is 0. The third kappa shape index (κ3) is 16.0. The minimum Gasteiger partial charge on any atom is -0.466 e. The molecule has 0 aliphatic heterocycles. The van der Waals surface area contributed by atoms with Gasteiger partial charge < -0.3 is 27.5 Å². The van der Waals surface area contributed by atoms with Crippen LogP contribution in [0.15, 0.2) is 137 Å². The molecule has 34 heteroatoms. The van der Waals surface area contributed by atoms with Gasteiger partial charge in [-0.2, -0.15) is 0 Å². The van der Waals surface area contributed by atoms with E-state index in [2.05, 4.69) is 41.1 Å². The van der Waals surface area contributed by atoms with E-state index in [9.17, 15) is 59.1 Å². The number of carbonyl (C=O) groups excluding carboxylic acids is 3. The molecule has 0 atom stereocenters. The summed E-state index contributed by atoms with van der Waals surface area (Å²) in [6.07, 6.45) is 2.69. The third-order valence-corrected chi connectivity index (χ3v) is 15.5. The lowest BCUT2D eigenvalue weighted by Crippen LogP contribution is -2.25. The standard InChI is InChI=1S/2C20H18N4O6S.C14H8N4O4S.C6H11BrO2.CH4/c1-2-29-18(25)4-3-9-22-19(26)15-11-17-14(23(15)20(31)21-22)10-16(30-17)12-5-7-13(8-6-12)24(27)28;1-2-29-18(25)4-3-9-22-20(31)23-14-10-16(12-5-7-13(8-6-12)24(27)28)30-17(14)11-15(23)19(26)21-22;19-13-10-6-12-9(17(10)14(23)16-15-13)5-11(22-12)7-1-3-8(4-2-7)18(20)21;1-2-9-6(8)4-3-5-7;/h5-8,10-11H,2-4,9H2,1H3,(H,21,31);5-8,10-11H,2-4,9H2,1H3,(H,21,26);1-6H,(H,15,19)(H,16,23);2-5H2,1H3;1H4. The molecule has 12 aromatic rings. The Labute approximate surface area is 557 Å². The second-order valence-corrected chi connectivity index (χ2v) is 22.1. The average Bonchev–Trinajstić information content (AvgIpc) is 1.62. The van der Waals surface area contributed by atoms with E-state index >= 15 is 0 Å². The third-order valence-electron chi connectivity index (χ3n) is 14.0. The summed E-state index contributed by atoms with van der Waals surface area (Å²) in [6, 6.07) is 28.0. The molecule has 30 nitrogen and oxygen atoms in total. The van der Waals surface area contributed by atoms with Crippen LogP contribution >= 0.6 is 52.6 Å². The molecule has 95 heavy (non-hydrogen) atoms.